The van der Waals surface area contributed by atoms with Crippen molar-refractivity contribution in [3.63, 3.8) is 0 Å². The number of hydrogen-bond acceptors (Lipinski definition) is 4. The number of aromatic nitrogens is 1. The highest BCUT2D eigenvalue weighted by molar-refractivity contribution is 6.30. The molecule has 0 aliphatic heterocycles. The summed E-state index contributed by atoms with van der Waals surface area (Å²) in [6.07, 6.45) is 6.91. The van der Waals surface area contributed by atoms with Crippen LogP contribution in [0.15, 0.2) is 64.1 Å². The van der Waals surface area contributed by atoms with Gasteiger partial charge in [-0.3, -0.25) is 9.79 Å². The van der Waals surface area contributed by atoms with Gasteiger partial charge in [-0.05, 0) is 55.5 Å². The monoisotopic (exact) mass is 362 g/mol. The number of aryl methyl sites for hydroxylation is 1. The third-order valence-corrected chi connectivity index (χ3v) is 4.02. The molecule has 0 aliphatic carbocycles. The smallest absolute Gasteiger partial charge is 0.178 e. The molecule has 1 aromatic heterocycles. The quantitative estimate of drug-likeness (QED) is 0.365. The van der Waals surface area contributed by atoms with E-state index in [2.05, 4.69) is 16.1 Å². The summed E-state index contributed by atoms with van der Waals surface area (Å²) in [6.45, 7) is 1.80. The van der Waals surface area contributed by atoms with Crippen molar-refractivity contribution < 1.29 is 9.32 Å². The zero-order valence-corrected chi connectivity index (χ0v) is 14.8. The number of aliphatic imine (C=N–C) groups is 1. The van der Waals surface area contributed by atoms with Crippen LogP contribution >= 0.6 is 11.6 Å². The molecular weight excluding hydrogens is 348 g/mol. The lowest BCUT2D eigenvalue weighted by atomic mass is 9.96. The van der Waals surface area contributed by atoms with E-state index >= 15 is 0 Å². The molecule has 1 unspecified atom stereocenters. The summed E-state index contributed by atoms with van der Waals surface area (Å²) in [4.78, 5) is 17.3. The summed E-state index contributed by atoms with van der Waals surface area (Å²) in [6, 6.07) is 15.6. The third kappa shape index (κ3) is 4.08. The SMILES string of the molecule is C#Cc1ccc(N=CC(C(=O)c2ccc(Cl)cc2)c2cc(C)no2)cc1. The second-order valence-corrected chi connectivity index (χ2v) is 6.13. The van der Waals surface area contributed by atoms with Gasteiger partial charge in [-0.15, -0.1) is 6.42 Å². The van der Waals surface area contributed by atoms with E-state index in [0.29, 0.717) is 27.7 Å². The second-order valence-electron chi connectivity index (χ2n) is 5.69. The van der Waals surface area contributed by atoms with Crippen molar-refractivity contribution in [2.75, 3.05) is 0 Å². The number of ketones is 1. The molecule has 26 heavy (non-hydrogen) atoms. The number of Topliss-reactive ketones (excluding diaryl/α,β-unsaturated/α-hetero) is 1. The molecule has 0 amide bonds. The Morgan fingerprint density at radius 3 is 2.50 bits per heavy atom. The maximum Gasteiger partial charge on any atom is 0.178 e. The van der Waals surface area contributed by atoms with E-state index < -0.39 is 5.92 Å². The summed E-state index contributed by atoms with van der Waals surface area (Å²) in [5, 5.41) is 4.44. The van der Waals surface area contributed by atoms with E-state index in [-0.39, 0.29) is 5.78 Å². The number of hydrogen-bond donors (Lipinski definition) is 0. The zero-order valence-electron chi connectivity index (χ0n) is 14.0. The molecule has 1 heterocycles. The van der Waals surface area contributed by atoms with Gasteiger partial charge in [0.15, 0.2) is 11.5 Å². The molecule has 0 bridgehead atoms. The van der Waals surface area contributed by atoms with Gasteiger partial charge < -0.3 is 4.52 Å². The summed E-state index contributed by atoms with van der Waals surface area (Å²) in [5.41, 5.74) is 2.67. The summed E-state index contributed by atoms with van der Waals surface area (Å²) >= 11 is 5.90. The lowest BCUT2D eigenvalue weighted by molar-refractivity contribution is 0.0974. The van der Waals surface area contributed by atoms with Gasteiger partial charge in [0.1, 0.15) is 5.92 Å². The van der Waals surface area contributed by atoms with E-state index in [9.17, 15) is 4.79 Å². The van der Waals surface area contributed by atoms with Crippen LogP contribution in [-0.2, 0) is 0 Å². The average Bonchev–Trinajstić information content (AvgIpc) is 3.09. The first-order chi connectivity index (χ1) is 12.6. The van der Waals surface area contributed by atoms with Crippen LogP contribution in [0.5, 0.6) is 0 Å². The highest BCUT2D eigenvalue weighted by Crippen LogP contribution is 2.23. The van der Waals surface area contributed by atoms with Crippen LogP contribution in [0.4, 0.5) is 5.69 Å². The van der Waals surface area contributed by atoms with Crippen molar-refractivity contribution in [1.82, 2.24) is 5.16 Å². The normalized spacial score (nSPS) is 12.0. The maximum absolute atomic E-state index is 12.9. The van der Waals surface area contributed by atoms with Crippen LogP contribution in [0.25, 0.3) is 0 Å². The molecule has 0 saturated carbocycles. The Morgan fingerprint density at radius 2 is 1.92 bits per heavy atom. The zero-order chi connectivity index (χ0) is 18.5. The van der Waals surface area contributed by atoms with Crippen molar-refractivity contribution in [1.29, 1.82) is 0 Å². The minimum atomic E-state index is -0.690. The molecule has 3 rings (SSSR count). The number of benzene rings is 2. The minimum absolute atomic E-state index is 0.151. The fourth-order valence-electron chi connectivity index (χ4n) is 2.40. The van der Waals surface area contributed by atoms with Crippen LogP contribution in [0.1, 0.15) is 33.3 Å². The van der Waals surface area contributed by atoms with Gasteiger partial charge in [-0.2, -0.15) is 0 Å². The summed E-state index contributed by atoms with van der Waals surface area (Å²) in [5.74, 6) is 2.15. The Hall–Kier alpha value is -3.16. The van der Waals surface area contributed by atoms with Gasteiger partial charge in [-0.1, -0.05) is 22.7 Å². The number of halogens is 1. The van der Waals surface area contributed by atoms with Gasteiger partial charge in [0.05, 0.1) is 11.4 Å². The fourth-order valence-corrected chi connectivity index (χ4v) is 2.52. The first-order valence-corrected chi connectivity index (χ1v) is 8.28. The largest absolute Gasteiger partial charge is 0.360 e. The molecule has 2 aromatic carbocycles. The standard InChI is InChI=1S/C21H15ClN2O2/c1-3-15-4-10-18(11-5-15)23-13-19(20-12-14(2)24-26-20)21(25)16-6-8-17(22)9-7-16/h1,4-13,19H,2H3. The predicted molar refractivity (Wildman–Crippen MR) is 102 cm³/mol. The molecule has 0 fully saturated rings. The molecule has 0 spiro atoms. The predicted octanol–water partition coefficient (Wildman–Crippen LogP) is 4.99. The van der Waals surface area contributed by atoms with Crippen LogP contribution in [0, 0.1) is 19.3 Å². The molecule has 1 atom stereocenters. The molecule has 128 valence electrons. The molecule has 0 radical (unpaired) electrons. The Bertz CT molecular complexity index is 980. The van der Waals surface area contributed by atoms with Crippen LogP contribution < -0.4 is 0 Å². The third-order valence-electron chi connectivity index (χ3n) is 3.77. The lowest BCUT2D eigenvalue weighted by Crippen LogP contribution is -2.13. The number of carbonyl (C=O) groups is 1. The van der Waals surface area contributed by atoms with Crippen molar-refractivity contribution in [2.24, 2.45) is 4.99 Å². The Labute approximate surface area is 156 Å². The van der Waals surface area contributed by atoms with Crippen LogP contribution in [0.3, 0.4) is 0 Å². The highest BCUT2D eigenvalue weighted by atomic mass is 35.5. The second kappa shape index (κ2) is 7.81. The van der Waals surface area contributed by atoms with Crippen LogP contribution in [-0.4, -0.2) is 17.2 Å². The maximum atomic E-state index is 12.9. The number of rotatable bonds is 5. The van der Waals surface area contributed by atoms with Gasteiger partial charge in [-0.25, -0.2) is 0 Å². The van der Waals surface area contributed by atoms with Gasteiger partial charge in [0.2, 0.25) is 0 Å². The van der Waals surface area contributed by atoms with Gasteiger partial charge in [0.25, 0.3) is 0 Å². The van der Waals surface area contributed by atoms with E-state index in [0.717, 1.165) is 5.56 Å². The summed E-state index contributed by atoms with van der Waals surface area (Å²) in [7, 11) is 0. The molecule has 4 nitrogen and oxygen atoms in total. The molecule has 5 heteroatoms. The fraction of sp³-hybridized carbons (Fsp3) is 0.0952. The lowest BCUT2D eigenvalue weighted by Gasteiger charge is -2.08. The number of terminal acetylenes is 1. The van der Waals surface area contributed by atoms with E-state index in [1.54, 1.807) is 67.7 Å². The van der Waals surface area contributed by atoms with Crippen LogP contribution in [0.2, 0.25) is 5.02 Å². The minimum Gasteiger partial charge on any atom is -0.360 e. The molecule has 0 saturated heterocycles. The van der Waals surface area contributed by atoms with E-state index in [1.165, 1.54) is 0 Å². The Kier molecular flexibility index (Phi) is 5.31. The number of nitrogens with zero attached hydrogens (tertiary/aromatic N) is 2. The van der Waals surface area contributed by atoms with E-state index in [4.69, 9.17) is 22.5 Å². The highest BCUT2D eigenvalue weighted by Gasteiger charge is 2.24. The van der Waals surface area contributed by atoms with Gasteiger partial charge >= 0.3 is 0 Å². The first kappa shape index (κ1) is 17.7. The molecule has 0 N–H and O–H groups in total. The average molecular weight is 363 g/mol. The Balaban J connectivity index is 1.92. The topological polar surface area (TPSA) is 55.5 Å². The Morgan fingerprint density at radius 1 is 1.23 bits per heavy atom. The molecule has 0 aliphatic rings. The van der Waals surface area contributed by atoms with Crippen molar-refractivity contribution >= 4 is 29.3 Å². The molecular formula is C21H15ClN2O2. The molecule has 3 aromatic rings. The van der Waals surface area contributed by atoms with Crippen molar-refractivity contribution in [2.45, 2.75) is 12.8 Å². The van der Waals surface area contributed by atoms with Gasteiger partial charge in [0, 0.05) is 28.4 Å². The summed E-state index contributed by atoms with van der Waals surface area (Å²) < 4.78 is 5.30. The van der Waals surface area contributed by atoms with Crippen molar-refractivity contribution in [3.8, 4) is 12.3 Å². The van der Waals surface area contributed by atoms with E-state index in [1.807, 2.05) is 0 Å². The van der Waals surface area contributed by atoms with Crippen molar-refractivity contribution in [3.05, 3.63) is 82.2 Å². The number of carbonyl (C=O) groups excluding carboxylic acids is 1. The first-order valence-electron chi connectivity index (χ1n) is 7.90.